The third-order valence-electron chi connectivity index (χ3n) is 3.05. The Labute approximate surface area is 65.9 Å². The number of hydrogen-bond donors (Lipinski definition) is 1. The molecule has 11 heavy (non-hydrogen) atoms. The van der Waals surface area contributed by atoms with Gasteiger partial charge in [-0.2, -0.15) is 0 Å². The highest BCUT2D eigenvalue weighted by Crippen LogP contribution is 2.49. The van der Waals surface area contributed by atoms with Gasteiger partial charge in [0.15, 0.2) is 0 Å². The molecule has 0 unspecified atom stereocenters. The van der Waals surface area contributed by atoms with Crippen LogP contribution in [-0.4, -0.2) is 17.0 Å². The zero-order valence-electron chi connectivity index (χ0n) is 6.74. The van der Waals surface area contributed by atoms with Gasteiger partial charge in [-0.3, -0.25) is 4.79 Å². The summed E-state index contributed by atoms with van der Waals surface area (Å²) in [6.45, 7) is 3.90. The molecule has 0 aliphatic heterocycles. The molecule has 2 rings (SSSR count). The molecule has 0 aromatic rings. The van der Waals surface area contributed by atoms with E-state index in [9.17, 15) is 9.90 Å². The molecule has 1 saturated carbocycles. The summed E-state index contributed by atoms with van der Waals surface area (Å²) in [7, 11) is 0. The van der Waals surface area contributed by atoms with Gasteiger partial charge in [0.05, 0.1) is 12.0 Å². The van der Waals surface area contributed by atoms with E-state index in [1.807, 2.05) is 26.0 Å². The lowest BCUT2D eigenvalue weighted by Crippen LogP contribution is -2.32. The van der Waals surface area contributed by atoms with Crippen LogP contribution in [0, 0.1) is 17.3 Å². The second-order valence-corrected chi connectivity index (χ2v) is 4.06. The molecule has 1 fully saturated rings. The van der Waals surface area contributed by atoms with Gasteiger partial charge in [0.25, 0.3) is 0 Å². The molecule has 0 aromatic heterocycles. The first-order chi connectivity index (χ1) is 5.05. The van der Waals surface area contributed by atoms with E-state index in [2.05, 4.69) is 0 Å². The van der Waals surface area contributed by atoms with E-state index < -0.39 is 6.10 Å². The number of ketones is 1. The molecule has 2 heteroatoms. The Morgan fingerprint density at radius 1 is 1.45 bits per heavy atom. The Balaban J connectivity index is 2.46. The number of hydrogen-bond acceptors (Lipinski definition) is 2. The summed E-state index contributed by atoms with van der Waals surface area (Å²) in [6, 6.07) is 0. The Kier molecular flexibility index (Phi) is 1.12. The van der Waals surface area contributed by atoms with Crippen LogP contribution in [0.2, 0.25) is 0 Å². The van der Waals surface area contributed by atoms with Gasteiger partial charge in [-0.05, 0) is 0 Å². The zero-order valence-corrected chi connectivity index (χ0v) is 6.74. The Morgan fingerprint density at radius 2 is 2.09 bits per heavy atom. The van der Waals surface area contributed by atoms with Crippen LogP contribution in [0.3, 0.4) is 0 Å². The molecule has 2 bridgehead atoms. The molecule has 2 aliphatic carbocycles. The van der Waals surface area contributed by atoms with Gasteiger partial charge in [-0.25, -0.2) is 0 Å². The predicted molar refractivity (Wildman–Crippen MR) is 40.9 cm³/mol. The summed E-state index contributed by atoms with van der Waals surface area (Å²) in [4.78, 5) is 11.4. The standard InChI is InChI=1S/C9H12O2/c1-9(2)6-4-3-5(7(6)10)8(9)11/h3-6,8,11H,1-2H3/t5-,6+,8-/m1/s1. The molecule has 0 amide bonds. The molecule has 3 atom stereocenters. The van der Waals surface area contributed by atoms with Crippen LogP contribution in [0.4, 0.5) is 0 Å². The zero-order chi connectivity index (χ0) is 8.22. The monoisotopic (exact) mass is 152 g/mol. The minimum absolute atomic E-state index is 0.0394. The minimum Gasteiger partial charge on any atom is -0.391 e. The average Bonchev–Trinajstić information content (AvgIpc) is 2.34. The summed E-state index contributed by atoms with van der Waals surface area (Å²) < 4.78 is 0. The number of aliphatic hydroxyl groups is 1. The average molecular weight is 152 g/mol. The maximum Gasteiger partial charge on any atom is 0.149 e. The first kappa shape index (κ1) is 7.04. The number of allylic oxidation sites excluding steroid dienone is 1. The van der Waals surface area contributed by atoms with Crippen LogP contribution in [0.15, 0.2) is 12.2 Å². The minimum atomic E-state index is -0.468. The molecule has 0 spiro atoms. The van der Waals surface area contributed by atoms with Crippen molar-refractivity contribution >= 4 is 5.78 Å². The van der Waals surface area contributed by atoms with Crippen molar-refractivity contribution in [2.24, 2.45) is 17.3 Å². The van der Waals surface area contributed by atoms with E-state index in [0.717, 1.165) is 0 Å². The Hall–Kier alpha value is -0.630. The van der Waals surface area contributed by atoms with Gasteiger partial charge in [0, 0.05) is 11.3 Å². The fourth-order valence-electron chi connectivity index (χ4n) is 2.15. The van der Waals surface area contributed by atoms with Gasteiger partial charge < -0.3 is 5.11 Å². The second kappa shape index (κ2) is 1.75. The molecule has 2 aliphatic rings. The number of carbonyl (C=O) groups is 1. The molecule has 1 N–H and O–H groups in total. The van der Waals surface area contributed by atoms with Gasteiger partial charge in [0.1, 0.15) is 5.78 Å². The SMILES string of the molecule is CC1(C)[C@H](O)[C@@H]2C=C[C@H]1C2=O. The van der Waals surface area contributed by atoms with Gasteiger partial charge in [0.2, 0.25) is 0 Å². The summed E-state index contributed by atoms with van der Waals surface area (Å²) >= 11 is 0. The van der Waals surface area contributed by atoms with Crippen LogP contribution >= 0.6 is 0 Å². The summed E-state index contributed by atoms with van der Waals surface area (Å²) in [5.41, 5.74) is -0.240. The van der Waals surface area contributed by atoms with Crippen molar-refractivity contribution in [1.29, 1.82) is 0 Å². The van der Waals surface area contributed by atoms with Crippen molar-refractivity contribution in [1.82, 2.24) is 0 Å². The number of Topliss-reactive ketones (excluding diaryl/α,β-unsaturated/α-hetero) is 1. The van der Waals surface area contributed by atoms with Crippen LogP contribution in [0.5, 0.6) is 0 Å². The lowest BCUT2D eigenvalue weighted by atomic mass is 9.77. The van der Waals surface area contributed by atoms with Crippen molar-refractivity contribution in [2.75, 3.05) is 0 Å². The highest BCUT2D eigenvalue weighted by atomic mass is 16.3. The maximum absolute atomic E-state index is 11.4. The largest absolute Gasteiger partial charge is 0.391 e. The van der Waals surface area contributed by atoms with Crippen molar-refractivity contribution in [2.45, 2.75) is 20.0 Å². The fraction of sp³-hybridized carbons (Fsp3) is 0.667. The van der Waals surface area contributed by atoms with E-state index in [4.69, 9.17) is 0 Å². The molecule has 0 aromatic carbocycles. The topological polar surface area (TPSA) is 37.3 Å². The van der Waals surface area contributed by atoms with E-state index in [1.165, 1.54) is 0 Å². The molecular weight excluding hydrogens is 140 g/mol. The predicted octanol–water partition coefficient (Wildman–Crippen LogP) is 0.758. The lowest BCUT2D eigenvalue weighted by molar-refractivity contribution is -0.121. The van der Waals surface area contributed by atoms with Crippen molar-refractivity contribution in [3.05, 3.63) is 12.2 Å². The number of fused-ring (bicyclic) bond motifs is 2. The second-order valence-electron chi connectivity index (χ2n) is 4.06. The lowest BCUT2D eigenvalue weighted by Gasteiger charge is -2.29. The first-order valence-electron chi connectivity index (χ1n) is 3.95. The van der Waals surface area contributed by atoms with Crippen LogP contribution < -0.4 is 0 Å². The van der Waals surface area contributed by atoms with E-state index in [1.54, 1.807) is 0 Å². The van der Waals surface area contributed by atoms with E-state index in [-0.39, 0.29) is 23.0 Å². The van der Waals surface area contributed by atoms with Gasteiger partial charge >= 0.3 is 0 Å². The van der Waals surface area contributed by atoms with Crippen LogP contribution in [-0.2, 0) is 4.79 Å². The first-order valence-corrected chi connectivity index (χ1v) is 3.95. The molecular formula is C9H12O2. The highest BCUT2D eigenvalue weighted by Gasteiger charge is 2.55. The van der Waals surface area contributed by atoms with Crippen molar-refractivity contribution in [3.8, 4) is 0 Å². The Morgan fingerprint density at radius 3 is 2.36 bits per heavy atom. The van der Waals surface area contributed by atoms with Gasteiger partial charge in [-0.1, -0.05) is 26.0 Å². The molecule has 2 nitrogen and oxygen atoms in total. The normalized spacial score (nSPS) is 45.4. The fourth-order valence-corrected chi connectivity index (χ4v) is 2.15. The number of carbonyl (C=O) groups excluding carboxylic acids is 1. The quantitative estimate of drug-likeness (QED) is 0.520. The summed E-state index contributed by atoms with van der Waals surface area (Å²) in [5, 5.41) is 9.65. The highest BCUT2D eigenvalue weighted by molar-refractivity contribution is 5.93. The van der Waals surface area contributed by atoms with E-state index in [0.29, 0.717) is 0 Å². The van der Waals surface area contributed by atoms with E-state index >= 15 is 0 Å². The third kappa shape index (κ3) is 0.632. The van der Waals surface area contributed by atoms with Gasteiger partial charge in [-0.15, -0.1) is 0 Å². The molecule has 0 saturated heterocycles. The summed E-state index contributed by atoms with van der Waals surface area (Å²) in [6.07, 6.45) is 3.30. The van der Waals surface area contributed by atoms with Crippen LogP contribution in [0.25, 0.3) is 0 Å². The molecule has 60 valence electrons. The number of rotatable bonds is 0. The van der Waals surface area contributed by atoms with Crippen molar-refractivity contribution < 1.29 is 9.90 Å². The molecule has 0 heterocycles. The Bertz CT molecular complexity index is 240. The maximum atomic E-state index is 11.4. The van der Waals surface area contributed by atoms with Crippen LogP contribution in [0.1, 0.15) is 13.8 Å². The third-order valence-corrected chi connectivity index (χ3v) is 3.05. The van der Waals surface area contributed by atoms with Crippen molar-refractivity contribution in [3.63, 3.8) is 0 Å². The smallest absolute Gasteiger partial charge is 0.149 e. The number of aliphatic hydroxyl groups excluding tert-OH is 1. The molecule has 0 radical (unpaired) electrons. The summed E-state index contributed by atoms with van der Waals surface area (Å²) in [5.74, 6) is -0.0556.